The lowest BCUT2D eigenvalue weighted by Gasteiger charge is -2.31. The highest BCUT2D eigenvalue weighted by molar-refractivity contribution is 7.95. The van der Waals surface area contributed by atoms with Gasteiger partial charge in [-0.15, -0.1) is 0 Å². The van der Waals surface area contributed by atoms with Crippen molar-refractivity contribution in [3.05, 3.63) is 54.3 Å². The summed E-state index contributed by atoms with van der Waals surface area (Å²) in [7, 11) is -4.03. The van der Waals surface area contributed by atoms with Crippen LogP contribution in [0, 0.1) is 11.2 Å². The van der Waals surface area contributed by atoms with Crippen molar-refractivity contribution in [1.82, 2.24) is 5.32 Å². The van der Waals surface area contributed by atoms with Crippen LogP contribution in [-0.2, 0) is 10.2 Å². The monoisotopic (exact) mass is 435 g/mol. The average molecular weight is 436 g/mol. The summed E-state index contributed by atoms with van der Waals surface area (Å²) in [6.07, 6.45) is -0.274. The van der Waals surface area contributed by atoms with E-state index in [1.165, 1.54) is 16.4 Å². The highest BCUT2D eigenvalue weighted by Gasteiger charge is 2.43. The Balaban J connectivity index is 1.89. The van der Waals surface area contributed by atoms with E-state index in [-0.39, 0.29) is 29.4 Å². The summed E-state index contributed by atoms with van der Waals surface area (Å²) < 4.78 is 43.6. The molecule has 0 saturated heterocycles. The third-order valence-electron chi connectivity index (χ3n) is 5.13. The third-order valence-corrected chi connectivity index (χ3v) is 6.93. The molecule has 0 bridgehead atoms. The number of hydrogen-bond acceptors (Lipinski definition) is 3. The first-order valence-electron chi connectivity index (χ1n) is 9.69. The highest BCUT2D eigenvalue weighted by atomic mass is 32.2. The number of anilines is 3. The number of rotatable bonds is 6. The maximum Gasteiger partial charge on any atom is 0.404 e. The number of carboxylic acid groups (broad SMARTS) is 1. The van der Waals surface area contributed by atoms with E-state index in [4.69, 9.17) is 5.11 Å². The maximum absolute atomic E-state index is 14.7. The first-order chi connectivity index (χ1) is 14.0. The van der Waals surface area contributed by atoms with Gasteiger partial charge in [-0.1, -0.05) is 45.0 Å². The van der Waals surface area contributed by atoms with Crippen molar-refractivity contribution in [2.45, 2.75) is 39.7 Å². The largest absolute Gasteiger partial charge is 0.465 e. The number of amides is 1. The summed E-state index contributed by atoms with van der Waals surface area (Å²) in [6, 6.07) is 12.3. The fourth-order valence-corrected chi connectivity index (χ4v) is 5.37. The van der Waals surface area contributed by atoms with Gasteiger partial charge >= 0.3 is 16.3 Å². The van der Waals surface area contributed by atoms with Crippen LogP contribution in [0.15, 0.2) is 48.5 Å². The summed E-state index contributed by atoms with van der Waals surface area (Å²) in [6.45, 7) is 5.86. The molecule has 1 amide bonds. The molecule has 162 valence electrons. The van der Waals surface area contributed by atoms with Crippen molar-refractivity contribution in [1.29, 1.82) is 0 Å². The van der Waals surface area contributed by atoms with Crippen molar-refractivity contribution < 1.29 is 22.7 Å². The van der Waals surface area contributed by atoms with Crippen LogP contribution in [-0.4, -0.2) is 32.2 Å². The molecule has 1 atom stereocenters. The number of para-hydroxylation sites is 2. The van der Waals surface area contributed by atoms with Gasteiger partial charge in [0.25, 0.3) is 0 Å². The quantitative estimate of drug-likeness (QED) is 0.700. The van der Waals surface area contributed by atoms with Crippen LogP contribution in [0.3, 0.4) is 0 Å². The second-order valence-corrected chi connectivity index (χ2v) is 10.00. The highest BCUT2D eigenvalue weighted by Crippen LogP contribution is 2.46. The molecule has 0 aliphatic carbocycles. The second kappa shape index (κ2) is 8.14. The molecule has 1 aliphatic heterocycles. The van der Waals surface area contributed by atoms with Crippen LogP contribution in [0.5, 0.6) is 0 Å². The number of nitrogens with zero attached hydrogens (tertiary/aromatic N) is 2. The lowest BCUT2D eigenvalue weighted by Crippen LogP contribution is -2.44. The molecule has 2 aromatic carbocycles. The predicted octanol–water partition coefficient (Wildman–Crippen LogP) is 4.49. The Morgan fingerprint density at radius 2 is 1.80 bits per heavy atom. The standard InChI is InChI=1S/C21H26FN3O4S/c1-21(2,3)18(23-20(26)27)13-8-14-24-17-12-7-11-16(22)19(17)25(30(24,28)29)15-9-5-4-6-10-15/h4-7,9-12,18,23H,8,13-14H2,1-3H3,(H,26,27). The van der Waals surface area contributed by atoms with Crippen LogP contribution < -0.4 is 13.9 Å². The van der Waals surface area contributed by atoms with E-state index >= 15 is 0 Å². The molecular formula is C21H26FN3O4S. The molecule has 0 radical (unpaired) electrons. The van der Waals surface area contributed by atoms with E-state index in [9.17, 15) is 17.6 Å². The minimum Gasteiger partial charge on any atom is -0.465 e. The molecule has 30 heavy (non-hydrogen) atoms. The van der Waals surface area contributed by atoms with E-state index in [0.717, 1.165) is 4.31 Å². The van der Waals surface area contributed by atoms with Gasteiger partial charge in [-0.2, -0.15) is 8.42 Å². The summed E-state index contributed by atoms with van der Waals surface area (Å²) >= 11 is 0. The summed E-state index contributed by atoms with van der Waals surface area (Å²) in [4.78, 5) is 11.1. The smallest absolute Gasteiger partial charge is 0.404 e. The second-order valence-electron chi connectivity index (χ2n) is 8.30. The molecule has 1 unspecified atom stereocenters. The molecule has 0 saturated carbocycles. The molecule has 1 aliphatic rings. The lowest BCUT2D eigenvalue weighted by atomic mass is 9.84. The van der Waals surface area contributed by atoms with E-state index in [1.54, 1.807) is 36.4 Å². The van der Waals surface area contributed by atoms with Gasteiger partial charge in [0.15, 0.2) is 0 Å². The Kier molecular flexibility index (Phi) is 5.94. The van der Waals surface area contributed by atoms with Crippen LogP contribution >= 0.6 is 0 Å². The van der Waals surface area contributed by atoms with Crippen LogP contribution in [0.1, 0.15) is 33.6 Å². The van der Waals surface area contributed by atoms with Crippen molar-refractivity contribution in [2.75, 3.05) is 15.2 Å². The zero-order valence-corrected chi connectivity index (χ0v) is 18.0. The fourth-order valence-electron chi connectivity index (χ4n) is 3.62. The molecule has 9 heteroatoms. The van der Waals surface area contributed by atoms with Gasteiger partial charge in [0.1, 0.15) is 11.5 Å². The first-order valence-corrected chi connectivity index (χ1v) is 11.1. The zero-order chi connectivity index (χ0) is 22.1. The molecular weight excluding hydrogens is 409 g/mol. The van der Waals surface area contributed by atoms with Gasteiger partial charge in [-0.3, -0.25) is 4.31 Å². The van der Waals surface area contributed by atoms with Gasteiger partial charge < -0.3 is 10.4 Å². The Morgan fingerprint density at radius 3 is 2.40 bits per heavy atom. The van der Waals surface area contributed by atoms with Crippen LogP contribution in [0.2, 0.25) is 0 Å². The Morgan fingerprint density at radius 1 is 1.13 bits per heavy atom. The SMILES string of the molecule is CC(C)(C)C(CCCN1c2cccc(F)c2N(c2ccccc2)S1(=O)=O)NC(=O)O. The number of nitrogens with one attached hydrogen (secondary N) is 1. The predicted molar refractivity (Wildman–Crippen MR) is 115 cm³/mol. The van der Waals surface area contributed by atoms with Gasteiger partial charge in [0.05, 0.1) is 11.4 Å². The van der Waals surface area contributed by atoms with Gasteiger partial charge in [-0.05, 0) is 42.5 Å². The molecule has 1 heterocycles. The number of hydrogen-bond donors (Lipinski definition) is 2. The van der Waals surface area contributed by atoms with Gasteiger partial charge in [-0.25, -0.2) is 13.5 Å². The van der Waals surface area contributed by atoms with Crippen molar-refractivity contribution in [3.63, 3.8) is 0 Å². The van der Waals surface area contributed by atoms with E-state index < -0.39 is 22.1 Å². The molecule has 2 N–H and O–H groups in total. The summed E-state index contributed by atoms with van der Waals surface area (Å²) in [5.41, 5.74) is 0.297. The van der Waals surface area contributed by atoms with E-state index in [1.807, 2.05) is 20.8 Å². The first kappa shape index (κ1) is 21.9. The lowest BCUT2D eigenvalue weighted by molar-refractivity contribution is 0.171. The molecule has 3 rings (SSSR count). The molecule has 7 nitrogen and oxygen atoms in total. The summed E-state index contributed by atoms with van der Waals surface area (Å²) in [5.74, 6) is -0.623. The van der Waals surface area contributed by atoms with Crippen molar-refractivity contribution in [3.8, 4) is 0 Å². The minimum absolute atomic E-state index is 0.000248. The maximum atomic E-state index is 14.7. The average Bonchev–Trinajstić information content (AvgIpc) is 2.88. The van der Waals surface area contributed by atoms with Crippen molar-refractivity contribution >= 4 is 33.4 Å². The third kappa shape index (κ3) is 4.21. The van der Waals surface area contributed by atoms with Gasteiger partial charge in [0.2, 0.25) is 0 Å². The Labute approximate surface area is 176 Å². The molecule has 2 aromatic rings. The Hall–Kier alpha value is -2.81. The van der Waals surface area contributed by atoms with E-state index in [2.05, 4.69) is 5.32 Å². The zero-order valence-electron chi connectivity index (χ0n) is 17.2. The number of carbonyl (C=O) groups is 1. The van der Waals surface area contributed by atoms with E-state index in [0.29, 0.717) is 18.5 Å². The van der Waals surface area contributed by atoms with Crippen LogP contribution in [0.4, 0.5) is 26.2 Å². The molecule has 0 fully saturated rings. The molecule has 0 spiro atoms. The number of benzene rings is 2. The normalized spacial score (nSPS) is 16.3. The topological polar surface area (TPSA) is 90.0 Å². The number of fused-ring (bicyclic) bond motifs is 1. The van der Waals surface area contributed by atoms with Crippen molar-refractivity contribution in [2.24, 2.45) is 5.41 Å². The fraction of sp³-hybridized carbons (Fsp3) is 0.381. The summed E-state index contributed by atoms with van der Waals surface area (Å²) in [5, 5.41) is 11.6. The Bertz CT molecular complexity index is 1020. The van der Waals surface area contributed by atoms with Gasteiger partial charge in [0, 0.05) is 12.6 Å². The minimum atomic E-state index is -4.03. The van der Waals surface area contributed by atoms with Crippen LogP contribution in [0.25, 0.3) is 0 Å². The number of halogens is 1. The molecule has 0 aromatic heterocycles.